The maximum absolute atomic E-state index is 12.6. The summed E-state index contributed by atoms with van der Waals surface area (Å²) >= 11 is 5.74. The molecular formula is C8H6Br2F3NO2. The number of alkyl halides is 3. The molecule has 0 radical (unpaired) electrons. The highest BCUT2D eigenvalue weighted by atomic mass is 79.9. The van der Waals surface area contributed by atoms with Gasteiger partial charge in [-0.25, -0.2) is 0 Å². The lowest BCUT2D eigenvalue weighted by molar-refractivity contribution is -0.105. The Kier molecular flexibility index (Phi) is 4.19. The summed E-state index contributed by atoms with van der Waals surface area (Å²) in [7, 11) is 1.23. The van der Waals surface area contributed by atoms with Gasteiger partial charge in [0.1, 0.15) is 5.70 Å². The SMILES string of the molecule is COC1NC(C(F)(F)F)=C(Br)C(C=O)=C1Br. The summed E-state index contributed by atoms with van der Waals surface area (Å²) in [4.78, 5) is 10.7. The number of hydrogen-bond acceptors (Lipinski definition) is 3. The molecule has 1 aliphatic heterocycles. The number of ether oxygens (including phenoxy) is 1. The van der Waals surface area contributed by atoms with Crippen molar-refractivity contribution in [2.24, 2.45) is 0 Å². The molecule has 3 nitrogen and oxygen atoms in total. The molecule has 1 rings (SSSR count). The minimum absolute atomic E-state index is 0.127. The molecule has 0 saturated carbocycles. The zero-order valence-electron chi connectivity index (χ0n) is 7.86. The van der Waals surface area contributed by atoms with Crippen LogP contribution in [0.2, 0.25) is 0 Å². The van der Waals surface area contributed by atoms with E-state index in [0.717, 1.165) is 0 Å². The van der Waals surface area contributed by atoms with Crippen LogP contribution in [0, 0.1) is 0 Å². The first kappa shape index (κ1) is 13.7. The Morgan fingerprint density at radius 2 is 2.00 bits per heavy atom. The molecule has 8 heteroatoms. The van der Waals surface area contributed by atoms with E-state index in [1.54, 1.807) is 0 Å². The number of dihydropyridines is 1. The molecule has 1 aliphatic rings. The molecular weight excluding hydrogens is 359 g/mol. The van der Waals surface area contributed by atoms with E-state index < -0.39 is 18.1 Å². The van der Waals surface area contributed by atoms with Crippen LogP contribution in [-0.2, 0) is 9.53 Å². The highest BCUT2D eigenvalue weighted by Crippen LogP contribution is 2.38. The van der Waals surface area contributed by atoms with E-state index >= 15 is 0 Å². The molecule has 0 amide bonds. The standard InChI is InChI=1S/C8H6Br2F3NO2/c1-16-7-5(10)3(2-15)4(9)6(14-7)8(11,12)13/h2,7,14H,1H3. The molecule has 0 aromatic heterocycles. The molecule has 1 unspecified atom stereocenters. The summed E-state index contributed by atoms with van der Waals surface area (Å²) in [6, 6.07) is 0. The van der Waals surface area contributed by atoms with Gasteiger partial charge in [0.05, 0.1) is 8.96 Å². The lowest BCUT2D eigenvalue weighted by atomic mass is 10.1. The first-order valence-corrected chi connectivity index (χ1v) is 5.53. The van der Waals surface area contributed by atoms with Gasteiger partial charge in [-0.2, -0.15) is 13.2 Å². The molecule has 0 spiro atoms. The summed E-state index contributed by atoms with van der Waals surface area (Å²) in [5.74, 6) is 0. The van der Waals surface area contributed by atoms with Gasteiger partial charge < -0.3 is 10.1 Å². The van der Waals surface area contributed by atoms with Crippen LogP contribution in [0.5, 0.6) is 0 Å². The third-order valence-corrected chi connectivity index (χ3v) is 3.52. The van der Waals surface area contributed by atoms with Crippen molar-refractivity contribution in [2.45, 2.75) is 12.4 Å². The Hall–Kier alpha value is -0.340. The molecule has 0 aromatic rings. The van der Waals surface area contributed by atoms with Crippen LogP contribution in [0.3, 0.4) is 0 Å². The average Bonchev–Trinajstić information content (AvgIpc) is 2.17. The van der Waals surface area contributed by atoms with E-state index in [1.807, 2.05) is 0 Å². The number of nitrogens with one attached hydrogen (secondary N) is 1. The quantitative estimate of drug-likeness (QED) is 0.765. The van der Waals surface area contributed by atoms with Gasteiger partial charge in [-0.1, -0.05) is 0 Å². The van der Waals surface area contributed by atoms with E-state index in [1.165, 1.54) is 7.11 Å². The van der Waals surface area contributed by atoms with Crippen molar-refractivity contribution in [2.75, 3.05) is 7.11 Å². The van der Waals surface area contributed by atoms with E-state index in [2.05, 4.69) is 37.2 Å². The van der Waals surface area contributed by atoms with Gasteiger partial charge in [-0.05, 0) is 31.9 Å². The molecule has 0 fully saturated rings. The Morgan fingerprint density at radius 1 is 1.44 bits per heavy atom. The smallest absolute Gasteiger partial charge is 0.357 e. The fourth-order valence-corrected chi connectivity index (χ4v) is 2.62. The van der Waals surface area contributed by atoms with Crippen molar-refractivity contribution in [3.63, 3.8) is 0 Å². The second-order valence-corrected chi connectivity index (χ2v) is 4.47. The lowest BCUT2D eigenvalue weighted by Crippen LogP contribution is -2.40. The first-order chi connectivity index (χ1) is 7.32. The van der Waals surface area contributed by atoms with Crippen LogP contribution in [0.1, 0.15) is 0 Å². The van der Waals surface area contributed by atoms with Crippen LogP contribution >= 0.6 is 31.9 Å². The van der Waals surface area contributed by atoms with Gasteiger partial charge in [-0.3, -0.25) is 4.79 Å². The van der Waals surface area contributed by atoms with E-state index in [4.69, 9.17) is 4.74 Å². The molecule has 0 saturated heterocycles. The third kappa shape index (κ3) is 2.49. The second kappa shape index (κ2) is 4.89. The van der Waals surface area contributed by atoms with Gasteiger partial charge >= 0.3 is 6.18 Å². The van der Waals surface area contributed by atoms with Crippen molar-refractivity contribution >= 4 is 38.1 Å². The minimum atomic E-state index is -4.59. The van der Waals surface area contributed by atoms with Crippen molar-refractivity contribution in [3.05, 3.63) is 20.2 Å². The van der Waals surface area contributed by atoms with Gasteiger partial charge in [0.15, 0.2) is 12.5 Å². The number of allylic oxidation sites excluding steroid dienone is 3. The van der Waals surface area contributed by atoms with Gasteiger partial charge in [-0.15, -0.1) is 0 Å². The van der Waals surface area contributed by atoms with Crippen LogP contribution in [0.25, 0.3) is 0 Å². The van der Waals surface area contributed by atoms with Crippen molar-refractivity contribution in [1.29, 1.82) is 0 Å². The molecule has 90 valence electrons. The predicted molar refractivity (Wildman–Crippen MR) is 58.0 cm³/mol. The molecule has 0 aromatic carbocycles. The maximum Gasteiger partial charge on any atom is 0.432 e. The monoisotopic (exact) mass is 363 g/mol. The number of hydrogen-bond donors (Lipinski definition) is 1. The highest BCUT2D eigenvalue weighted by molar-refractivity contribution is 9.12. The fraction of sp³-hybridized carbons (Fsp3) is 0.375. The highest BCUT2D eigenvalue weighted by Gasteiger charge is 2.41. The summed E-state index contributed by atoms with van der Waals surface area (Å²) in [6.45, 7) is 0. The number of rotatable bonds is 2. The maximum atomic E-state index is 12.6. The second-order valence-electron chi connectivity index (χ2n) is 2.83. The predicted octanol–water partition coefficient (Wildman–Crippen LogP) is 2.58. The summed E-state index contributed by atoms with van der Waals surface area (Å²) < 4.78 is 42.4. The van der Waals surface area contributed by atoms with Crippen LogP contribution < -0.4 is 5.32 Å². The molecule has 1 heterocycles. The van der Waals surface area contributed by atoms with Crippen molar-refractivity contribution < 1.29 is 22.7 Å². The molecule has 0 bridgehead atoms. The summed E-state index contributed by atoms with van der Waals surface area (Å²) in [5.41, 5.74) is -1.16. The Balaban J connectivity index is 3.30. The fourth-order valence-electron chi connectivity index (χ4n) is 1.12. The number of aldehydes is 1. The zero-order valence-corrected chi connectivity index (χ0v) is 11.0. The first-order valence-electron chi connectivity index (χ1n) is 3.94. The topological polar surface area (TPSA) is 38.3 Å². The van der Waals surface area contributed by atoms with Crippen LogP contribution in [0.4, 0.5) is 13.2 Å². The number of carbonyl (C=O) groups is 1. The summed E-state index contributed by atoms with van der Waals surface area (Å²) in [6.07, 6.45) is -5.29. The Bertz CT molecular complexity index is 376. The molecule has 16 heavy (non-hydrogen) atoms. The van der Waals surface area contributed by atoms with Crippen LogP contribution in [-0.4, -0.2) is 25.8 Å². The van der Waals surface area contributed by atoms with Gasteiger partial charge in [0.25, 0.3) is 0 Å². The zero-order chi connectivity index (χ0) is 12.5. The third-order valence-electron chi connectivity index (χ3n) is 1.86. The molecule has 0 aliphatic carbocycles. The molecule has 1 N–H and O–H groups in total. The Morgan fingerprint density at radius 3 is 2.38 bits per heavy atom. The van der Waals surface area contributed by atoms with Crippen LogP contribution in [0.15, 0.2) is 20.2 Å². The average molecular weight is 365 g/mol. The number of methoxy groups -OCH3 is 1. The van der Waals surface area contributed by atoms with Crippen molar-refractivity contribution in [1.82, 2.24) is 5.32 Å². The van der Waals surface area contributed by atoms with Gasteiger partial charge in [0.2, 0.25) is 0 Å². The van der Waals surface area contributed by atoms with E-state index in [0.29, 0.717) is 6.29 Å². The van der Waals surface area contributed by atoms with Crippen molar-refractivity contribution in [3.8, 4) is 0 Å². The summed E-state index contributed by atoms with van der Waals surface area (Å²) in [5, 5.41) is 2.13. The van der Waals surface area contributed by atoms with E-state index in [-0.39, 0.29) is 14.5 Å². The van der Waals surface area contributed by atoms with E-state index in [9.17, 15) is 18.0 Å². The van der Waals surface area contributed by atoms with Gasteiger partial charge in [0, 0.05) is 12.7 Å². The lowest BCUT2D eigenvalue weighted by Gasteiger charge is -2.28. The normalized spacial score (nSPS) is 22.2. The number of carbonyl (C=O) groups excluding carboxylic acids is 1. The Labute approximate surface area is 106 Å². The largest absolute Gasteiger partial charge is 0.432 e. The number of halogens is 5. The minimum Gasteiger partial charge on any atom is -0.357 e. The molecule has 1 atom stereocenters.